The molecule has 4 nitrogen and oxygen atoms in total. The van der Waals surface area contributed by atoms with E-state index in [-0.39, 0.29) is 5.91 Å². The molecule has 19 heavy (non-hydrogen) atoms. The minimum atomic E-state index is -0.0786. The van der Waals surface area contributed by atoms with Crippen LogP contribution in [0.3, 0.4) is 0 Å². The number of amides is 1. The van der Waals surface area contributed by atoms with Crippen LogP contribution < -0.4 is 0 Å². The van der Waals surface area contributed by atoms with Crippen molar-refractivity contribution in [1.29, 1.82) is 5.26 Å². The van der Waals surface area contributed by atoms with Gasteiger partial charge in [-0.15, -0.1) is 0 Å². The molecule has 1 aromatic heterocycles. The van der Waals surface area contributed by atoms with Crippen molar-refractivity contribution in [2.24, 2.45) is 0 Å². The molecule has 4 heteroatoms. The first-order valence-electron chi connectivity index (χ1n) is 5.90. The van der Waals surface area contributed by atoms with E-state index in [1.165, 1.54) is 0 Å². The summed E-state index contributed by atoms with van der Waals surface area (Å²) in [6.45, 7) is 2.37. The topological polar surface area (TPSA) is 57.2 Å². The van der Waals surface area contributed by atoms with Crippen molar-refractivity contribution in [1.82, 2.24) is 4.90 Å². The molecular formula is C15H14N2O2. The molecule has 0 N–H and O–H groups in total. The van der Waals surface area contributed by atoms with E-state index in [9.17, 15) is 4.79 Å². The lowest BCUT2D eigenvalue weighted by atomic mass is 10.1. The fourth-order valence-corrected chi connectivity index (χ4v) is 1.81. The van der Waals surface area contributed by atoms with Crippen LogP contribution in [0.15, 0.2) is 41.0 Å². The van der Waals surface area contributed by atoms with Gasteiger partial charge in [-0.05, 0) is 37.3 Å². The Balaban J connectivity index is 2.10. The predicted octanol–water partition coefficient (Wildman–Crippen LogP) is 2.73. The van der Waals surface area contributed by atoms with Gasteiger partial charge in [0.05, 0.1) is 17.9 Å². The first kappa shape index (κ1) is 12.9. The molecule has 1 amide bonds. The van der Waals surface area contributed by atoms with E-state index in [4.69, 9.17) is 9.68 Å². The molecule has 96 valence electrons. The Morgan fingerprint density at radius 3 is 2.53 bits per heavy atom. The number of benzene rings is 1. The van der Waals surface area contributed by atoms with Crippen molar-refractivity contribution >= 4 is 5.91 Å². The van der Waals surface area contributed by atoms with E-state index in [1.807, 2.05) is 19.1 Å². The van der Waals surface area contributed by atoms with Crippen LogP contribution in [0.5, 0.6) is 0 Å². The van der Waals surface area contributed by atoms with Gasteiger partial charge in [0.15, 0.2) is 0 Å². The second kappa shape index (κ2) is 5.40. The molecule has 2 aromatic rings. The zero-order valence-corrected chi connectivity index (χ0v) is 10.9. The zero-order chi connectivity index (χ0) is 13.8. The van der Waals surface area contributed by atoms with Crippen molar-refractivity contribution in [2.45, 2.75) is 13.5 Å². The molecule has 0 aliphatic heterocycles. The highest BCUT2D eigenvalue weighted by molar-refractivity contribution is 5.94. The number of nitriles is 1. The normalized spacial score (nSPS) is 9.95. The second-order valence-electron chi connectivity index (χ2n) is 4.35. The van der Waals surface area contributed by atoms with Crippen LogP contribution in [-0.4, -0.2) is 17.9 Å². The second-order valence-corrected chi connectivity index (χ2v) is 4.35. The molecule has 1 aromatic carbocycles. The smallest absolute Gasteiger partial charge is 0.253 e. The van der Waals surface area contributed by atoms with Gasteiger partial charge < -0.3 is 9.32 Å². The number of furan rings is 1. The van der Waals surface area contributed by atoms with Gasteiger partial charge in [0.1, 0.15) is 5.76 Å². The number of rotatable bonds is 3. The SMILES string of the molecule is Cc1occc1CN(C)C(=O)c1ccc(C#N)cc1. The number of aryl methyl sites for hydroxylation is 1. The van der Waals surface area contributed by atoms with Gasteiger partial charge in [-0.3, -0.25) is 4.79 Å². The first-order chi connectivity index (χ1) is 9.11. The molecule has 1 heterocycles. The summed E-state index contributed by atoms with van der Waals surface area (Å²) in [5, 5.41) is 8.72. The zero-order valence-electron chi connectivity index (χ0n) is 10.9. The van der Waals surface area contributed by atoms with Gasteiger partial charge in [-0.25, -0.2) is 0 Å². The fourth-order valence-electron chi connectivity index (χ4n) is 1.81. The molecule has 0 unspecified atom stereocenters. The highest BCUT2D eigenvalue weighted by atomic mass is 16.3. The highest BCUT2D eigenvalue weighted by Crippen LogP contribution is 2.13. The molecular weight excluding hydrogens is 240 g/mol. The Kier molecular flexibility index (Phi) is 3.67. The standard InChI is InChI=1S/C15H14N2O2/c1-11-14(7-8-19-11)10-17(2)15(18)13-5-3-12(9-16)4-6-13/h3-8H,10H2,1-2H3. The van der Waals surface area contributed by atoms with Crippen LogP contribution in [0.4, 0.5) is 0 Å². The fraction of sp³-hybridized carbons (Fsp3) is 0.200. The van der Waals surface area contributed by atoms with Crippen LogP contribution >= 0.6 is 0 Å². The monoisotopic (exact) mass is 254 g/mol. The van der Waals surface area contributed by atoms with Gasteiger partial charge >= 0.3 is 0 Å². The maximum Gasteiger partial charge on any atom is 0.253 e. The van der Waals surface area contributed by atoms with Crippen molar-refractivity contribution < 1.29 is 9.21 Å². The van der Waals surface area contributed by atoms with E-state index >= 15 is 0 Å². The number of nitrogens with zero attached hydrogens (tertiary/aromatic N) is 2. The molecule has 0 aliphatic carbocycles. The summed E-state index contributed by atoms with van der Waals surface area (Å²) in [5.74, 6) is 0.740. The van der Waals surface area contributed by atoms with Gasteiger partial charge in [0.25, 0.3) is 5.91 Å². The van der Waals surface area contributed by atoms with Crippen molar-refractivity contribution in [3.05, 3.63) is 59.0 Å². The molecule has 0 spiro atoms. The summed E-state index contributed by atoms with van der Waals surface area (Å²) in [4.78, 5) is 13.8. The van der Waals surface area contributed by atoms with E-state index < -0.39 is 0 Å². The Bertz CT molecular complexity index is 620. The number of carbonyl (C=O) groups is 1. The van der Waals surface area contributed by atoms with Crippen LogP contribution in [0, 0.1) is 18.3 Å². The van der Waals surface area contributed by atoms with Gasteiger partial charge in [-0.1, -0.05) is 0 Å². The maximum atomic E-state index is 12.2. The average molecular weight is 254 g/mol. The van der Waals surface area contributed by atoms with E-state index in [1.54, 1.807) is 42.5 Å². The Hall–Kier alpha value is -2.54. The minimum absolute atomic E-state index is 0.0786. The molecule has 0 saturated heterocycles. The summed E-state index contributed by atoms with van der Waals surface area (Å²) in [6, 6.07) is 10.5. The molecule has 0 atom stereocenters. The molecule has 0 fully saturated rings. The third kappa shape index (κ3) is 2.83. The largest absolute Gasteiger partial charge is 0.469 e. The summed E-state index contributed by atoms with van der Waals surface area (Å²) in [5.41, 5.74) is 2.11. The van der Waals surface area contributed by atoms with Gasteiger partial charge in [-0.2, -0.15) is 5.26 Å². The van der Waals surface area contributed by atoms with Crippen LogP contribution in [0.25, 0.3) is 0 Å². The van der Waals surface area contributed by atoms with Gasteiger partial charge in [0.2, 0.25) is 0 Å². The lowest BCUT2D eigenvalue weighted by Crippen LogP contribution is -2.26. The number of carbonyl (C=O) groups excluding carboxylic acids is 1. The number of hydrogen-bond acceptors (Lipinski definition) is 3. The molecule has 2 rings (SSSR count). The lowest BCUT2D eigenvalue weighted by molar-refractivity contribution is 0.0784. The molecule has 0 radical (unpaired) electrons. The van der Waals surface area contributed by atoms with E-state index in [2.05, 4.69) is 0 Å². The Labute approximate surface area is 111 Å². The average Bonchev–Trinajstić information content (AvgIpc) is 2.83. The minimum Gasteiger partial charge on any atom is -0.469 e. The van der Waals surface area contributed by atoms with E-state index in [0.717, 1.165) is 11.3 Å². The van der Waals surface area contributed by atoms with Crippen molar-refractivity contribution in [3.8, 4) is 6.07 Å². The van der Waals surface area contributed by atoms with Crippen molar-refractivity contribution in [2.75, 3.05) is 7.05 Å². The first-order valence-corrected chi connectivity index (χ1v) is 5.90. The Morgan fingerprint density at radius 1 is 1.32 bits per heavy atom. The lowest BCUT2D eigenvalue weighted by Gasteiger charge is -2.16. The van der Waals surface area contributed by atoms with Crippen LogP contribution in [0.2, 0.25) is 0 Å². The number of hydrogen-bond donors (Lipinski definition) is 0. The van der Waals surface area contributed by atoms with Gasteiger partial charge in [0, 0.05) is 24.7 Å². The summed E-state index contributed by atoms with van der Waals surface area (Å²) >= 11 is 0. The summed E-state index contributed by atoms with van der Waals surface area (Å²) in [6.07, 6.45) is 1.62. The van der Waals surface area contributed by atoms with Crippen molar-refractivity contribution in [3.63, 3.8) is 0 Å². The molecule has 0 bridgehead atoms. The predicted molar refractivity (Wildman–Crippen MR) is 70.4 cm³/mol. The Morgan fingerprint density at radius 2 is 2.00 bits per heavy atom. The maximum absolute atomic E-state index is 12.2. The quantitative estimate of drug-likeness (QED) is 0.846. The van der Waals surface area contributed by atoms with E-state index in [0.29, 0.717) is 17.7 Å². The highest BCUT2D eigenvalue weighted by Gasteiger charge is 2.13. The molecule has 0 saturated carbocycles. The third-order valence-electron chi connectivity index (χ3n) is 2.98. The van der Waals surface area contributed by atoms with Crippen LogP contribution in [0.1, 0.15) is 27.2 Å². The van der Waals surface area contributed by atoms with Crippen LogP contribution in [-0.2, 0) is 6.54 Å². The third-order valence-corrected chi connectivity index (χ3v) is 2.98. The summed E-state index contributed by atoms with van der Waals surface area (Å²) in [7, 11) is 1.74. The molecule has 0 aliphatic rings. The summed E-state index contributed by atoms with van der Waals surface area (Å²) < 4.78 is 5.21.